The van der Waals surface area contributed by atoms with Crippen LogP contribution in [0.5, 0.6) is 0 Å². The van der Waals surface area contributed by atoms with Crippen LogP contribution in [-0.4, -0.2) is 15.9 Å². The minimum Gasteiger partial charge on any atom is -0.298 e. The number of hydrogen-bond donors (Lipinski definition) is 0. The molecule has 0 N–H and O–H groups in total. The molecule has 0 saturated heterocycles. The van der Waals surface area contributed by atoms with Crippen LogP contribution in [0.25, 0.3) is 5.52 Å². The minimum absolute atomic E-state index is 0.379. The van der Waals surface area contributed by atoms with Gasteiger partial charge in [0.25, 0.3) is 0 Å². The van der Waals surface area contributed by atoms with Crippen molar-refractivity contribution < 1.29 is 4.79 Å². The fourth-order valence-electron chi connectivity index (χ4n) is 1.62. The number of nitrogens with zero attached hydrogens (tertiary/aromatic N) is 2. The zero-order valence-corrected chi connectivity index (χ0v) is 9.19. The van der Waals surface area contributed by atoms with Crippen molar-refractivity contribution in [2.24, 2.45) is 0 Å². The van der Waals surface area contributed by atoms with Crippen LogP contribution in [0.4, 0.5) is 0 Å². The molecule has 0 saturated carbocycles. The molecule has 3 heteroatoms. The average molecular weight is 202 g/mol. The van der Waals surface area contributed by atoms with Crippen LogP contribution in [0.1, 0.15) is 41.5 Å². The molecule has 2 aromatic rings. The van der Waals surface area contributed by atoms with E-state index in [0.29, 0.717) is 11.5 Å². The topological polar surface area (TPSA) is 34.4 Å². The number of carbonyl (C=O) groups excluding carboxylic acids is 1. The summed E-state index contributed by atoms with van der Waals surface area (Å²) in [6.45, 7) is 6.17. The third kappa shape index (κ3) is 1.54. The van der Waals surface area contributed by atoms with Gasteiger partial charge in [-0.15, -0.1) is 0 Å². The van der Waals surface area contributed by atoms with Gasteiger partial charge in [-0.3, -0.25) is 4.79 Å². The van der Waals surface area contributed by atoms with E-state index in [-0.39, 0.29) is 0 Å². The van der Waals surface area contributed by atoms with Gasteiger partial charge in [-0.25, -0.2) is 4.52 Å². The lowest BCUT2D eigenvalue weighted by Crippen LogP contribution is -1.97. The third-order valence-corrected chi connectivity index (χ3v) is 2.58. The Kier molecular flexibility index (Phi) is 2.31. The highest BCUT2D eigenvalue weighted by molar-refractivity contribution is 5.86. The summed E-state index contributed by atoms with van der Waals surface area (Å²) in [7, 11) is 0. The second kappa shape index (κ2) is 3.50. The van der Waals surface area contributed by atoms with E-state index in [4.69, 9.17) is 0 Å². The zero-order valence-electron chi connectivity index (χ0n) is 9.19. The van der Waals surface area contributed by atoms with E-state index in [2.05, 4.69) is 18.9 Å². The van der Waals surface area contributed by atoms with Crippen LogP contribution in [0.3, 0.4) is 0 Å². The molecule has 0 fully saturated rings. The third-order valence-electron chi connectivity index (χ3n) is 2.58. The molecule has 0 aliphatic rings. The number of hydrogen-bond acceptors (Lipinski definition) is 2. The van der Waals surface area contributed by atoms with E-state index in [0.717, 1.165) is 23.2 Å². The highest BCUT2D eigenvalue weighted by Gasteiger charge is 2.09. The van der Waals surface area contributed by atoms with Crippen LogP contribution in [0, 0.1) is 6.92 Å². The van der Waals surface area contributed by atoms with Crippen molar-refractivity contribution in [1.82, 2.24) is 9.61 Å². The van der Waals surface area contributed by atoms with Gasteiger partial charge in [-0.2, -0.15) is 5.10 Å². The Morgan fingerprint density at radius 2 is 2.13 bits per heavy atom. The molecule has 0 bridgehead atoms. The summed E-state index contributed by atoms with van der Waals surface area (Å²) >= 11 is 0. The zero-order chi connectivity index (χ0) is 11.0. The highest BCUT2D eigenvalue weighted by Crippen LogP contribution is 2.18. The van der Waals surface area contributed by atoms with E-state index in [1.165, 1.54) is 0 Å². The largest absolute Gasteiger partial charge is 0.298 e. The Labute approximate surface area is 88.7 Å². The fourth-order valence-corrected chi connectivity index (χ4v) is 1.62. The smallest absolute Gasteiger partial charge is 0.152 e. The lowest BCUT2D eigenvalue weighted by atomic mass is 10.1. The quantitative estimate of drug-likeness (QED) is 0.701. The van der Waals surface area contributed by atoms with Crippen molar-refractivity contribution in [2.45, 2.75) is 26.7 Å². The standard InChI is InChI=1S/C12H14N2O/c1-8(2)11-6-12-10(7-15)5-4-9(3)14(12)13-11/h4-8H,1-3H3. The number of rotatable bonds is 2. The van der Waals surface area contributed by atoms with Gasteiger partial charge in [-0.1, -0.05) is 13.8 Å². The molecule has 78 valence electrons. The van der Waals surface area contributed by atoms with E-state index >= 15 is 0 Å². The average Bonchev–Trinajstić information content (AvgIpc) is 2.64. The van der Waals surface area contributed by atoms with E-state index in [9.17, 15) is 4.79 Å². The predicted octanol–water partition coefficient (Wildman–Crippen LogP) is 2.58. The number of pyridine rings is 1. The minimum atomic E-state index is 0.379. The van der Waals surface area contributed by atoms with E-state index < -0.39 is 0 Å². The SMILES string of the molecule is Cc1ccc(C=O)c2cc(C(C)C)nn12. The molecular formula is C12H14N2O. The molecule has 0 aliphatic carbocycles. The van der Waals surface area contributed by atoms with Gasteiger partial charge < -0.3 is 0 Å². The Morgan fingerprint density at radius 3 is 2.73 bits per heavy atom. The first-order valence-electron chi connectivity index (χ1n) is 5.08. The molecule has 0 aliphatic heterocycles. The van der Waals surface area contributed by atoms with E-state index in [1.807, 2.05) is 29.6 Å². The Hall–Kier alpha value is -1.64. The fraction of sp³-hybridized carbons (Fsp3) is 0.333. The van der Waals surface area contributed by atoms with Gasteiger partial charge in [0.2, 0.25) is 0 Å². The first-order valence-corrected chi connectivity index (χ1v) is 5.08. The summed E-state index contributed by atoms with van der Waals surface area (Å²) in [5.41, 5.74) is 3.66. The summed E-state index contributed by atoms with van der Waals surface area (Å²) in [6, 6.07) is 5.73. The van der Waals surface area contributed by atoms with Crippen molar-refractivity contribution in [3.05, 3.63) is 35.2 Å². The number of aromatic nitrogens is 2. The lowest BCUT2D eigenvalue weighted by molar-refractivity contribution is 0.112. The molecule has 15 heavy (non-hydrogen) atoms. The van der Waals surface area contributed by atoms with Crippen molar-refractivity contribution in [1.29, 1.82) is 0 Å². The van der Waals surface area contributed by atoms with Gasteiger partial charge in [0.05, 0.1) is 11.2 Å². The van der Waals surface area contributed by atoms with Crippen LogP contribution in [0.2, 0.25) is 0 Å². The maximum atomic E-state index is 10.9. The van der Waals surface area contributed by atoms with Crippen LogP contribution < -0.4 is 0 Å². The van der Waals surface area contributed by atoms with Crippen molar-refractivity contribution in [2.75, 3.05) is 0 Å². The predicted molar refractivity (Wildman–Crippen MR) is 59.4 cm³/mol. The van der Waals surface area contributed by atoms with Crippen LogP contribution >= 0.6 is 0 Å². The molecule has 2 heterocycles. The van der Waals surface area contributed by atoms with Gasteiger partial charge in [0.15, 0.2) is 6.29 Å². The molecule has 2 aromatic heterocycles. The van der Waals surface area contributed by atoms with Crippen molar-refractivity contribution in [3.8, 4) is 0 Å². The van der Waals surface area contributed by atoms with Crippen molar-refractivity contribution >= 4 is 11.8 Å². The Bertz CT molecular complexity index is 512. The number of aldehydes is 1. The van der Waals surface area contributed by atoms with Gasteiger partial charge in [0.1, 0.15) is 0 Å². The number of carbonyl (C=O) groups is 1. The molecule has 3 nitrogen and oxygen atoms in total. The Balaban J connectivity index is 2.77. The maximum Gasteiger partial charge on any atom is 0.152 e. The molecule has 0 radical (unpaired) electrons. The monoisotopic (exact) mass is 202 g/mol. The normalized spacial score (nSPS) is 11.2. The number of fused-ring (bicyclic) bond motifs is 1. The first kappa shape index (κ1) is 9.90. The maximum absolute atomic E-state index is 10.9. The highest BCUT2D eigenvalue weighted by atomic mass is 16.1. The van der Waals surface area contributed by atoms with Gasteiger partial charge in [-0.05, 0) is 31.0 Å². The summed E-state index contributed by atoms with van der Waals surface area (Å²) < 4.78 is 1.83. The van der Waals surface area contributed by atoms with Gasteiger partial charge >= 0.3 is 0 Å². The summed E-state index contributed by atoms with van der Waals surface area (Å²) in [6.07, 6.45) is 0.876. The summed E-state index contributed by atoms with van der Waals surface area (Å²) in [4.78, 5) is 10.9. The summed E-state index contributed by atoms with van der Waals surface area (Å²) in [5.74, 6) is 0.379. The molecule has 0 amide bonds. The summed E-state index contributed by atoms with van der Waals surface area (Å²) in [5, 5.41) is 4.48. The molecule has 0 atom stereocenters. The molecule has 0 spiro atoms. The van der Waals surface area contributed by atoms with Gasteiger partial charge in [0, 0.05) is 11.3 Å². The van der Waals surface area contributed by atoms with Crippen LogP contribution in [-0.2, 0) is 0 Å². The van der Waals surface area contributed by atoms with Crippen molar-refractivity contribution in [3.63, 3.8) is 0 Å². The lowest BCUT2D eigenvalue weighted by Gasteiger charge is -2.00. The Morgan fingerprint density at radius 1 is 1.40 bits per heavy atom. The first-order chi connectivity index (χ1) is 7.13. The van der Waals surface area contributed by atoms with Crippen LogP contribution in [0.15, 0.2) is 18.2 Å². The molecule has 2 rings (SSSR count). The molecule has 0 aromatic carbocycles. The second-order valence-corrected chi connectivity index (χ2v) is 4.07. The molecule has 0 unspecified atom stereocenters. The molecular weight excluding hydrogens is 188 g/mol. The van der Waals surface area contributed by atoms with E-state index in [1.54, 1.807) is 0 Å². The second-order valence-electron chi connectivity index (χ2n) is 4.07. The number of aryl methyl sites for hydroxylation is 1.